The van der Waals surface area contributed by atoms with Gasteiger partial charge in [0.25, 0.3) is 5.91 Å². The average molecular weight is 418 g/mol. The van der Waals surface area contributed by atoms with Gasteiger partial charge in [0.1, 0.15) is 19.0 Å². The number of pyridine rings is 1. The predicted molar refractivity (Wildman–Crippen MR) is 117 cm³/mol. The molecule has 31 heavy (non-hydrogen) atoms. The predicted octanol–water partition coefficient (Wildman–Crippen LogP) is 3.26. The highest BCUT2D eigenvalue weighted by molar-refractivity contribution is 6.10. The second-order valence-electron chi connectivity index (χ2n) is 6.66. The lowest BCUT2D eigenvalue weighted by Gasteiger charge is -2.19. The molecule has 2 aromatic carbocycles. The van der Waals surface area contributed by atoms with Gasteiger partial charge in [0.05, 0.1) is 19.3 Å². The van der Waals surface area contributed by atoms with Gasteiger partial charge in [-0.25, -0.2) is 4.99 Å². The van der Waals surface area contributed by atoms with Crippen LogP contribution in [0.2, 0.25) is 0 Å². The van der Waals surface area contributed by atoms with Crippen molar-refractivity contribution in [2.24, 2.45) is 4.99 Å². The zero-order valence-corrected chi connectivity index (χ0v) is 17.0. The number of nitrogens with zero attached hydrogens (tertiary/aromatic N) is 2. The van der Waals surface area contributed by atoms with Crippen LogP contribution in [0.3, 0.4) is 0 Å². The number of hydrogen-bond donors (Lipinski definition) is 2. The van der Waals surface area contributed by atoms with Crippen molar-refractivity contribution >= 4 is 17.6 Å². The molecule has 158 valence electrons. The highest BCUT2D eigenvalue weighted by Gasteiger charge is 2.14. The normalized spacial score (nSPS) is 12.7. The number of carbonyl (C=O) groups excluding carboxylic acids is 1. The highest BCUT2D eigenvalue weighted by atomic mass is 16.6. The number of benzene rings is 2. The minimum atomic E-state index is -0.316. The Hall–Kier alpha value is -4.07. The Labute approximate surface area is 179 Å². The van der Waals surface area contributed by atoms with Crippen molar-refractivity contribution in [1.82, 2.24) is 10.3 Å². The van der Waals surface area contributed by atoms with Crippen molar-refractivity contribution in [1.29, 1.82) is 0 Å². The van der Waals surface area contributed by atoms with Gasteiger partial charge in [-0.05, 0) is 42.5 Å². The van der Waals surface area contributed by atoms with E-state index in [2.05, 4.69) is 20.6 Å². The molecule has 1 aliphatic rings. The number of methoxy groups -OCH3 is 1. The Morgan fingerprint density at radius 1 is 1.06 bits per heavy atom. The molecule has 8 nitrogen and oxygen atoms in total. The van der Waals surface area contributed by atoms with Crippen LogP contribution in [0, 0.1) is 0 Å². The number of anilines is 1. The number of hydrogen-bond acceptors (Lipinski definition) is 6. The molecule has 0 atom stereocenters. The summed E-state index contributed by atoms with van der Waals surface area (Å²) in [5.74, 6) is 1.89. The fourth-order valence-electron chi connectivity index (χ4n) is 2.96. The maximum atomic E-state index is 12.8. The molecule has 8 heteroatoms. The first kappa shape index (κ1) is 20.2. The minimum Gasteiger partial charge on any atom is -0.497 e. The molecular weight excluding hydrogens is 396 g/mol. The molecule has 2 N–H and O–H groups in total. The van der Waals surface area contributed by atoms with E-state index in [1.807, 2.05) is 36.4 Å². The third-order valence-electron chi connectivity index (χ3n) is 4.49. The number of rotatable bonds is 5. The Morgan fingerprint density at radius 2 is 1.94 bits per heavy atom. The van der Waals surface area contributed by atoms with Gasteiger partial charge < -0.3 is 19.5 Å². The van der Waals surface area contributed by atoms with Crippen LogP contribution in [0.25, 0.3) is 0 Å². The number of nitrogens with one attached hydrogen (secondary N) is 2. The summed E-state index contributed by atoms with van der Waals surface area (Å²) in [7, 11) is 1.56. The van der Waals surface area contributed by atoms with Gasteiger partial charge in [-0.3, -0.25) is 15.1 Å². The van der Waals surface area contributed by atoms with Crippen molar-refractivity contribution in [2.75, 3.05) is 25.6 Å². The van der Waals surface area contributed by atoms with Gasteiger partial charge in [-0.15, -0.1) is 0 Å². The zero-order chi connectivity index (χ0) is 21.5. The quantitative estimate of drug-likeness (QED) is 0.488. The van der Waals surface area contributed by atoms with E-state index in [9.17, 15) is 4.79 Å². The SMILES string of the molecule is COc1cccc(C(=O)NC(=NCc2ccccn2)Nc2ccc3c(c2)OCCO3)c1. The largest absolute Gasteiger partial charge is 0.497 e. The summed E-state index contributed by atoms with van der Waals surface area (Å²) in [6.07, 6.45) is 1.70. The number of aromatic nitrogens is 1. The lowest BCUT2D eigenvalue weighted by Crippen LogP contribution is -2.36. The minimum absolute atomic E-state index is 0.287. The molecule has 0 saturated carbocycles. The third-order valence-corrected chi connectivity index (χ3v) is 4.49. The van der Waals surface area contributed by atoms with Crippen LogP contribution in [-0.4, -0.2) is 37.2 Å². The summed E-state index contributed by atoms with van der Waals surface area (Å²) in [5.41, 5.74) is 1.93. The van der Waals surface area contributed by atoms with Crippen LogP contribution in [0.4, 0.5) is 5.69 Å². The Balaban J connectivity index is 1.55. The number of aliphatic imine (C=N–C) groups is 1. The molecule has 0 bridgehead atoms. The summed E-state index contributed by atoms with van der Waals surface area (Å²) in [6, 6.07) is 18.0. The Morgan fingerprint density at radius 3 is 2.74 bits per heavy atom. The molecule has 0 fully saturated rings. The molecule has 0 unspecified atom stereocenters. The van der Waals surface area contributed by atoms with E-state index in [1.54, 1.807) is 37.6 Å². The first-order valence-corrected chi connectivity index (χ1v) is 9.78. The summed E-state index contributed by atoms with van der Waals surface area (Å²) in [4.78, 5) is 21.6. The van der Waals surface area contributed by atoms with Crippen LogP contribution in [0.5, 0.6) is 17.2 Å². The summed E-state index contributed by atoms with van der Waals surface area (Å²) in [5, 5.41) is 5.98. The zero-order valence-electron chi connectivity index (χ0n) is 17.0. The van der Waals surface area contributed by atoms with E-state index in [1.165, 1.54) is 0 Å². The average Bonchev–Trinajstić information content (AvgIpc) is 2.83. The van der Waals surface area contributed by atoms with E-state index in [4.69, 9.17) is 14.2 Å². The fourth-order valence-corrected chi connectivity index (χ4v) is 2.96. The second-order valence-corrected chi connectivity index (χ2v) is 6.66. The molecule has 4 rings (SSSR count). The van der Waals surface area contributed by atoms with Crippen LogP contribution < -0.4 is 24.8 Å². The summed E-state index contributed by atoms with van der Waals surface area (Å²) >= 11 is 0. The fraction of sp³-hybridized carbons (Fsp3) is 0.174. The lowest BCUT2D eigenvalue weighted by molar-refractivity contribution is 0.0976. The number of fused-ring (bicyclic) bond motifs is 1. The molecule has 0 radical (unpaired) electrons. The molecule has 0 aliphatic carbocycles. The van der Waals surface area contributed by atoms with Crippen LogP contribution in [-0.2, 0) is 6.54 Å². The second kappa shape index (κ2) is 9.62. The molecule has 0 saturated heterocycles. The number of guanidine groups is 1. The first-order chi connectivity index (χ1) is 15.2. The number of carbonyl (C=O) groups is 1. The van der Waals surface area contributed by atoms with Crippen molar-refractivity contribution in [3.63, 3.8) is 0 Å². The van der Waals surface area contributed by atoms with Gasteiger partial charge in [0.2, 0.25) is 5.96 Å². The van der Waals surface area contributed by atoms with Gasteiger partial charge in [0.15, 0.2) is 11.5 Å². The van der Waals surface area contributed by atoms with Crippen molar-refractivity contribution < 1.29 is 19.0 Å². The van der Waals surface area contributed by atoms with Crippen LogP contribution in [0.1, 0.15) is 16.1 Å². The van der Waals surface area contributed by atoms with Crippen molar-refractivity contribution in [3.8, 4) is 17.2 Å². The molecule has 1 aliphatic heterocycles. The first-order valence-electron chi connectivity index (χ1n) is 9.78. The maximum absolute atomic E-state index is 12.8. The lowest BCUT2D eigenvalue weighted by atomic mass is 10.2. The third kappa shape index (κ3) is 5.30. The molecule has 3 aromatic rings. The summed E-state index contributed by atoms with van der Waals surface area (Å²) in [6.45, 7) is 1.31. The van der Waals surface area contributed by atoms with Gasteiger partial charge >= 0.3 is 0 Å². The Kier molecular flexibility index (Phi) is 6.27. The van der Waals surface area contributed by atoms with E-state index < -0.39 is 0 Å². The maximum Gasteiger partial charge on any atom is 0.258 e. The monoisotopic (exact) mass is 418 g/mol. The van der Waals surface area contributed by atoms with E-state index in [0.29, 0.717) is 48.3 Å². The number of amides is 1. The topological polar surface area (TPSA) is 94.1 Å². The van der Waals surface area contributed by atoms with Crippen LogP contribution >= 0.6 is 0 Å². The van der Waals surface area contributed by atoms with E-state index >= 15 is 0 Å². The van der Waals surface area contributed by atoms with Crippen molar-refractivity contribution in [3.05, 3.63) is 78.1 Å². The van der Waals surface area contributed by atoms with Gasteiger partial charge in [-0.1, -0.05) is 12.1 Å². The summed E-state index contributed by atoms with van der Waals surface area (Å²) < 4.78 is 16.4. The van der Waals surface area contributed by atoms with Gasteiger partial charge in [-0.2, -0.15) is 0 Å². The molecule has 1 aromatic heterocycles. The Bertz CT molecular complexity index is 1090. The molecule has 0 spiro atoms. The molecular formula is C23H22N4O4. The number of ether oxygens (including phenoxy) is 3. The molecule has 1 amide bonds. The highest BCUT2D eigenvalue weighted by Crippen LogP contribution is 2.32. The molecule has 2 heterocycles. The van der Waals surface area contributed by atoms with Gasteiger partial charge in [0, 0.05) is 23.5 Å². The smallest absolute Gasteiger partial charge is 0.258 e. The standard InChI is InChI=1S/C23H22N4O4/c1-29-19-7-4-5-16(13-19)22(28)27-23(25-15-18-6-2-3-10-24-18)26-17-8-9-20-21(14-17)31-12-11-30-20/h2-10,13-14H,11-12,15H2,1H3,(H2,25,26,27,28). The van der Waals surface area contributed by atoms with Crippen LogP contribution in [0.15, 0.2) is 71.9 Å². The van der Waals surface area contributed by atoms with E-state index in [0.717, 1.165) is 5.69 Å². The van der Waals surface area contributed by atoms with E-state index in [-0.39, 0.29) is 11.9 Å². The van der Waals surface area contributed by atoms with Crippen molar-refractivity contribution in [2.45, 2.75) is 6.54 Å².